The number of nitrogens with zero attached hydrogens (tertiary/aromatic N) is 3. The lowest BCUT2D eigenvalue weighted by Crippen LogP contribution is -2.41. The maximum absolute atomic E-state index is 5.59. The van der Waals surface area contributed by atoms with Crippen molar-refractivity contribution in [3.8, 4) is 5.75 Å². The first-order valence-electron chi connectivity index (χ1n) is 9.57. The minimum atomic E-state index is 0.247. The minimum Gasteiger partial charge on any atom is -0.497 e. The molecular weight excluding hydrogens is 354 g/mol. The molecule has 0 aliphatic carbocycles. The van der Waals surface area contributed by atoms with Crippen molar-refractivity contribution >= 4 is 11.8 Å². The van der Waals surface area contributed by atoms with Crippen LogP contribution >= 0.6 is 0 Å². The van der Waals surface area contributed by atoms with Crippen molar-refractivity contribution in [2.45, 2.75) is 26.1 Å². The summed E-state index contributed by atoms with van der Waals surface area (Å²) in [6.45, 7) is 5.96. The number of methoxy groups -OCH3 is 1. The number of ether oxygens (including phenoxy) is 2. The SMILES string of the molecule is CN=C(NCc1ccc(OC)cc1)NCc1ccc(N2CCOC(C)C2)nc1. The molecule has 150 valence electrons. The van der Waals surface area contributed by atoms with E-state index in [0.29, 0.717) is 13.1 Å². The molecule has 1 aromatic carbocycles. The Kier molecular flexibility index (Phi) is 7.08. The van der Waals surface area contributed by atoms with Crippen LogP contribution in [0, 0.1) is 0 Å². The van der Waals surface area contributed by atoms with E-state index in [2.05, 4.69) is 44.6 Å². The van der Waals surface area contributed by atoms with Gasteiger partial charge in [-0.05, 0) is 36.2 Å². The number of aliphatic imine (C=N–C) groups is 1. The number of nitrogens with one attached hydrogen (secondary N) is 2. The van der Waals surface area contributed by atoms with E-state index in [1.165, 1.54) is 0 Å². The monoisotopic (exact) mass is 383 g/mol. The summed E-state index contributed by atoms with van der Waals surface area (Å²) in [7, 11) is 3.44. The lowest BCUT2D eigenvalue weighted by Gasteiger charge is -2.32. The Labute approximate surface area is 166 Å². The Hall–Kier alpha value is -2.80. The van der Waals surface area contributed by atoms with Crippen molar-refractivity contribution in [3.05, 3.63) is 53.7 Å². The molecule has 2 aromatic rings. The fraction of sp³-hybridized carbons (Fsp3) is 0.429. The molecule has 0 amide bonds. The fourth-order valence-corrected chi connectivity index (χ4v) is 3.07. The molecule has 7 heteroatoms. The Balaban J connectivity index is 1.47. The van der Waals surface area contributed by atoms with Crippen LogP contribution in [0.3, 0.4) is 0 Å². The lowest BCUT2D eigenvalue weighted by molar-refractivity contribution is 0.0529. The summed E-state index contributed by atoms with van der Waals surface area (Å²) in [6.07, 6.45) is 2.16. The molecule has 28 heavy (non-hydrogen) atoms. The first-order chi connectivity index (χ1) is 13.7. The third-order valence-corrected chi connectivity index (χ3v) is 4.68. The topological polar surface area (TPSA) is 71.0 Å². The number of benzene rings is 1. The molecule has 2 N–H and O–H groups in total. The van der Waals surface area contributed by atoms with Gasteiger partial charge in [0, 0.05) is 39.4 Å². The Morgan fingerprint density at radius 2 is 1.89 bits per heavy atom. The van der Waals surface area contributed by atoms with Crippen LogP contribution in [0.1, 0.15) is 18.1 Å². The third-order valence-electron chi connectivity index (χ3n) is 4.68. The maximum Gasteiger partial charge on any atom is 0.191 e. The van der Waals surface area contributed by atoms with E-state index in [4.69, 9.17) is 9.47 Å². The van der Waals surface area contributed by atoms with E-state index < -0.39 is 0 Å². The van der Waals surface area contributed by atoms with Crippen molar-refractivity contribution in [1.82, 2.24) is 15.6 Å². The molecule has 2 heterocycles. The minimum absolute atomic E-state index is 0.247. The van der Waals surface area contributed by atoms with Crippen LogP contribution in [0.4, 0.5) is 5.82 Å². The number of morpholine rings is 1. The molecule has 0 spiro atoms. The summed E-state index contributed by atoms with van der Waals surface area (Å²) in [6, 6.07) is 12.2. The van der Waals surface area contributed by atoms with Crippen LogP contribution in [0.5, 0.6) is 5.75 Å². The average Bonchev–Trinajstić information content (AvgIpc) is 2.74. The summed E-state index contributed by atoms with van der Waals surface area (Å²) >= 11 is 0. The van der Waals surface area contributed by atoms with Crippen LogP contribution in [-0.2, 0) is 17.8 Å². The first-order valence-corrected chi connectivity index (χ1v) is 9.57. The number of hydrogen-bond donors (Lipinski definition) is 2. The van der Waals surface area contributed by atoms with E-state index in [1.807, 2.05) is 30.5 Å². The van der Waals surface area contributed by atoms with Crippen LogP contribution in [0.25, 0.3) is 0 Å². The smallest absolute Gasteiger partial charge is 0.191 e. The van der Waals surface area contributed by atoms with Crippen molar-refractivity contribution in [3.63, 3.8) is 0 Å². The van der Waals surface area contributed by atoms with Gasteiger partial charge in [0.05, 0.1) is 19.8 Å². The Bertz CT molecular complexity index is 761. The second kappa shape index (κ2) is 9.94. The quantitative estimate of drug-likeness (QED) is 0.589. The van der Waals surface area contributed by atoms with E-state index in [1.54, 1.807) is 14.2 Å². The van der Waals surface area contributed by atoms with Crippen molar-refractivity contribution in [1.29, 1.82) is 0 Å². The molecule has 7 nitrogen and oxygen atoms in total. The highest BCUT2D eigenvalue weighted by atomic mass is 16.5. The molecule has 3 rings (SSSR count). The average molecular weight is 383 g/mol. The van der Waals surface area contributed by atoms with Crippen LogP contribution < -0.4 is 20.3 Å². The van der Waals surface area contributed by atoms with Gasteiger partial charge in [0.2, 0.25) is 0 Å². The van der Waals surface area contributed by atoms with Gasteiger partial charge in [-0.25, -0.2) is 4.98 Å². The molecule has 1 saturated heterocycles. The highest BCUT2D eigenvalue weighted by Gasteiger charge is 2.17. The highest BCUT2D eigenvalue weighted by Crippen LogP contribution is 2.15. The molecule has 0 bridgehead atoms. The van der Waals surface area contributed by atoms with Gasteiger partial charge in [0.25, 0.3) is 0 Å². The van der Waals surface area contributed by atoms with Crippen molar-refractivity contribution in [2.75, 3.05) is 38.8 Å². The zero-order chi connectivity index (χ0) is 19.8. The van der Waals surface area contributed by atoms with E-state index in [-0.39, 0.29) is 6.10 Å². The second-order valence-electron chi connectivity index (χ2n) is 6.78. The molecule has 1 unspecified atom stereocenters. The molecular formula is C21H29N5O2. The fourth-order valence-electron chi connectivity index (χ4n) is 3.07. The zero-order valence-electron chi connectivity index (χ0n) is 16.8. The van der Waals surface area contributed by atoms with Crippen LogP contribution in [0.2, 0.25) is 0 Å². The van der Waals surface area contributed by atoms with Gasteiger partial charge in [-0.2, -0.15) is 0 Å². The Morgan fingerprint density at radius 3 is 2.50 bits per heavy atom. The van der Waals surface area contributed by atoms with Crippen LogP contribution in [0.15, 0.2) is 47.6 Å². The highest BCUT2D eigenvalue weighted by molar-refractivity contribution is 5.79. The predicted octanol–water partition coefficient (Wildman–Crippen LogP) is 2.18. The molecule has 1 atom stereocenters. The number of aromatic nitrogens is 1. The van der Waals surface area contributed by atoms with E-state index in [9.17, 15) is 0 Å². The third kappa shape index (κ3) is 5.60. The van der Waals surface area contributed by atoms with Gasteiger partial charge in [0.1, 0.15) is 11.6 Å². The van der Waals surface area contributed by atoms with Crippen LogP contribution in [-0.4, -0.2) is 50.9 Å². The van der Waals surface area contributed by atoms with E-state index in [0.717, 1.165) is 48.4 Å². The first kappa shape index (κ1) is 19.9. The predicted molar refractivity (Wildman–Crippen MR) is 112 cm³/mol. The number of anilines is 1. The van der Waals surface area contributed by atoms with Gasteiger partial charge in [-0.1, -0.05) is 18.2 Å². The Morgan fingerprint density at radius 1 is 1.18 bits per heavy atom. The number of rotatable bonds is 6. The largest absolute Gasteiger partial charge is 0.497 e. The number of hydrogen-bond acceptors (Lipinski definition) is 5. The molecule has 1 aliphatic rings. The van der Waals surface area contributed by atoms with Gasteiger partial charge in [0.15, 0.2) is 5.96 Å². The summed E-state index contributed by atoms with van der Waals surface area (Å²) in [4.78, 5) is 11.2. The van der Waals surface area contributed by atoms with Crippen molar-refractivity contribution < 1.29 is 9.47 Å². The normalized spacial score (nSPS) is 17.3. The summed E-state index contributed by atoms with van der Waals surface area (Å²) in [5, 5.41) is 6.64. The van der Waals surface area contributed by atoms with Gasteiger partial charge in [-0.15, -0.1) is 0 Å². The van der Waals surface area contributed by atoms with Crippen molar-refractivity contribution in [2.24, 2.45) is 4.99 Å². The molecule has 1 aromatic heterocycles. The molecule has 0 radical (unpaired) electrons. The molecule has 1 fully saturated rings. The standard InChI is InChI=1S/C21H29N5O2/c1-16-15-26(10-11-28-16)20-9-6-18(13-23-20)14-25-21(22-2)24-12-17-4-7-19(27-3)8-5-17/h4-9,13,16H,10-12,14-15H2,1-3H3,(H2,22,24,25). The maximum atomic E-state index is 5.59. The lowest BCUT2D eigenvalue weighted by atomic mass is 10.2. The summed E-state index contributed by atoms with van der Waals surface area (Å²) in [5.74, 6) is 2.61. The van der Waals surface area contributed by atoms with E-state index >= 15 is 0 Å². The summed E-state index contributed by atoms with van der Waals surface area (Å²) in [5.41, 5.74) is 2.27. The molecule has 1 aliphatic heterocycles. The van der Waals surface area contributed by atoms with Gasteiger partial charge >= 0.3 is 0 Å². The van der Waals surface area contributed by atoms with Gasteiger partial charge < -0.3 is 25.0 Å². The molecule has 0 saturated carbocycles. The second-order valence-corrected chi connectivity index (χ2v) is 6.78. The van der Waals surface area contributed by atoms with Gasteiger partial charge in [-0.3, -0.25) is 4.99 Å². The zero-order valence-corrected chi connectivity index (χ0v) is 16.8. The number of pyridine rings is 1. The number of guanidine groups is 1. The summed E-state index contributed by atoms with van der Waals surface area (Å²) < 4.78 is 10.8.